The van der Waals surface area contributed by atoms with Crippen LogP contribution in [0.4, 0.5) is 5.82 Å². The van der Waals surface area contributed by atoms with Gasteiger partial charge >= 0.3 is 0 Å². The zero-order valence-corrected chi connectivity index (χ0v) is 13.4. The molecule has 0 aromatic carbocycles. The average molecular weight is 284 g/mol. The molecule has 2 aliphatic rings. The van der Waals surface area contributed by atoms with Crippen LogP contribution in [0.3, 0.4) is 0 Å². The first kappa shape index (κ1) is 14.3. The van der Waals surface area contributed by atoms with Gasteiger partial charge in [-0.1, -0.05) is 0 Å². The summed E-state index contributed by atoms with van der Waals surface area (Å²) < 4.78 is 0. The molecule has 2 heterocycles. The van der Waals surface area contributed by atoms with Gasteiger partial charge in [-0.2, -0.15) is 5.26 Å². The van der Waals surface area contributed by atoms with Crippen LogP contribution >= 0.6 is 0 Å². The Morgan fingerprint density at radius 3 is 2.57 bits per heavy atom. The minimum Gasteiger partial charge on any atom is -0.354 e. The van der Waals surface area contributed by atoms with E-state index >= 15 is 0 Å². The van der Waals surface area contributed by atoms with Gasteiger partial charge in [-0.25, -0.2) is 4.98 Å². The van der Waals surface area contributed by atoms with E-state index in [9.17, 15) is 5.26 Å². The molecule has 0 N–H and O–H groups in total. The molecule has 4 heteroatoms. The molecule has 1 saturated carbocycles. The molecule has 112 valence electrons. The Morgan fingerprint density at radius 1 is 1.29 bits per heavy atom. The summed E-state index contributed by atoms with van der Waals surface area (Å²) in [6.07, 6.45) is 2.74. The molecule has 0 unspecified atom stereocenters. The largest absolute Gasteiger partial charge is 0.354 e. The predicted molar refractivity (Wildman–Crippen MR) is 84.3 cm³/mol. The van der Waals surface area contributed by atoms with Crippen LogP contribution in [-0.2, 0) is 0 Å². The highest BCUT2D eigenvalue weighted by Gasteiger charge is 2.44. The van der Waals surface area contributed by atoms with E-state index in [-0.39, 0.29) is 0 Å². The van der Waals surface area contributed by atoms with Crippen molar-refractivity contribution in [3.63, 3.8) is 0 Å². The van der Waals surface area contributed by atoms with Crippen LogP contribution in [0.25, 0.3) is 0 Å². The summed E-state index contributed by atoms with van der Waals surface area (Å²) in [4.78, 5) is 9.39. The van der Waals surface area contributed by atoms with Crippen LogP contribution in [0.5, 0.6) is 0 Å². The third-order valence-electron chi connectivity index (χ3n) is 5.09. The molecule has 4 nitrogen and oxygen atoms in total. The third kappa shape index (κ3) is 2.63. The number of nitrogens with zero attached hydrogens (tertiary/aromatic N) is 4. The van der Waals surface area contributed by atoms with Crippen LogP contribution in [0.15, 0.2) is 6.07 Å². The molecular formula is C17H24N4. The minimum atomic E-state index is 0.576. The van der Waals surface area contributed by atoms with Gasteiger partial charge in [0.15, 0.2) is 0 Å². The molecule has 2 atom stereocenters. The number of anilines is 1. The van der Waals surface area contributed by atoms with E-state index in [1.54, 1.807) is 0 Å². The van der Waals surface area contributed by atoms with E-state index in [1.165, 1.54) is 12.8 Å². The first-order chi connectivity index (χ1) is 10.0. The van der Waals surface area contributed by atoms with Gasteiger partial charge in [0.2, 0.25) is 0 Å². The SMILES string of the molecule is Cc1cc(C#N)c(N2C[C@@H](N(C)C)[C@H](C3CC3)C2)nc1C. The molecule has 0 amide bonds. The lowest BCUT2D eigenvalue weighted by Gasteiger charge is -2.24. The number of hydrogen-bond donors (Lipinski definition) is 0. The van der Waals surface area contributed by atoms with E-state index < -0.39 is 0 Å². The van der Waals surface area contributed by atoms with Crippen molar-refractivity contribution in [3.05, 3.63) is 22.9 Å². The van der Waals surface area contributed by atoms with E-state index in [0.29, 0.717) is 11.6 Å². The van der Waals surface area contributed by atoms with E-state index in [0.717, 1.165) is 42.0 Å². The number of pyridine rings is 1. The monoisotopic (exact) mass is 284 g/mol. The standard InChI is InChI=1S/C17H24N4/c1-11-7-14(8-18)17(19-12(11)2)21-9-15(13-5-6-13)16(10-21)20(3)4/h7,13,15-16H,5-6,9-10H2,1-4H3/t15-,16+/m0/s1. The van der Waals surface area contributed by atoms with Crippen molar-refractivity contribution in [3.8, 4) is 6.07 Å². The molecule has 1 aromatic heterocycles. The predicted octanol–water partition coefficient (Wildman–Crippen LogP) is 2.35. The summed E-state index contributed by atoms with van der Waals surface area (Å²) >= 11 is 0. The number of aromatic nitrogens is 1. The summed E-state index contributed by atoms with van der Waals surface area (Å²) in [6, 6.07) is 4.88. The Bertz CT molecular complexity index is 573. The van der Waals surface area contributed by atoms with Gasteiger partial charge in [0.25, 0.3) is 0 Å². The van der Waals surface area contributed by atoms with Gasteiger partial charge in [0.05, 0.1) is 5.56 Å². The van der Waals surface area contributed by atoms with Crippen molar-refractivity contribution >= 4 is 5.82 Å². The molecular weight excluding hydrogens is 260 g/mol. The summed E-state index contributed by atoms with van der Waals surface area (Å²) in [6.45, 7) is 6.07. The molecule has 1 aliphatic heterocycles. The number of rotatable bonds is 3. The molecule has 0 radical (unpaired) electrons. The van der Waals surface area contributed by atoms with E-state index in [2.05, 4.69) is 30.0 Å². The second-order valence-corrected chi connectivity index (χ2v) is 6.81. The van der Waals surface area contributed by atoms with E-state index in [4.69, 9.17) is 4.98 Å². The molecule has 0 spiro atoms. The smallest absolute Gasteiger partial charge is 0.146 e. The van der Waals surface area contributed by atoms with Crippen molar-refractivity contribution < 1.29 is 0 Å². The highest BCUT2D eigenvalue weighted by Crippen LogP contribution is 2.43. The van der Waals surface area contributed by atoms with Gasteiger partial charge < -0.3 is 9.80 Å². The Kier molecular flexibility index (Phi) is 3.62. The maximum atomic E-state index is 9.43. The highest BCUT2D eigenvalue weighted by molar-refractivity contribution is 5.57. The molecule has 2 fully saturated rings. The number of likely N-dealkylation sites (N-methyl/N-ethyl adjacent to an activating group) is 1. The molecule has 21 heavy (non-hydrogen) atoms. The van der Waals surface area contributed by atoms with Crippen LogP contribution in [-0.4, -0.2) is 43.1 Å². The fraction of sp³-hybridized carbons (Fsp3) is 0.647. The number of aryl methyl sites for hydroxylation is 2. The molecule has 1 saturated heterocycles. The lowest BCUT2D eigenvalue weighted by atomic mass is 9.97. The molecule has 1 aromatic rings. The Balaban J connectivity index is 1.91. The molecule has 1 aliphatic carbocycles. The van der Waals surface area contributed by atoms with Gasteiger partial charge in [-0.3, -0.25) is 0 Å². The summed E-state index contributed by atoms with van der Waals surface area (Å²) in [7, 11) is 4.34. The number of hydrogen-bond acceptors (Lipinski definition) is 4. The van der Waals surface area contributed by atoms with Gasteiger partial charge in [0, 0.05) is 24.8 Å². The second kappa shape index (κ2) is 5.31. The topological polar surface area (TPSA) is 43.2 Å². The van der Waals surface area contributed by atoms with Gasteiger partial charge in [-0.15, -0.1) is 0 Å². The fourth-order valence-corrected chi connectivity index (χ4v) is 3.53. The summed E-state index contributed by atoms with van der Waals surface area (Å²) in [5.41, 5.74) is 2.84. The van der Waals surface area contributed by atoms with E-state index in [1.807, 2.05) is 19.9 Å². The lowest BCUT2D eigenvalue weighted by molar-refractivity contribution is 0.238. The first-order valence-corrected chi connectivity index (χ1v) is 7.81. The van der Waals surface area contributed by atoms with Gasteiger partial charge in [0.1, 0.15) is 11.9 Å². The third-order valence-corrected chi connectivity index (χ3v) is 5.09. The van der Waals surface area contributed by atoms with Crippen LogP contribution in [0.1, 0.15) is 29.7 Å². The Morgan fingerprint density at radius 2 is 2.00 bits per heavy atom. The van der Waals surface area contributed by atoms with Crippen molar-refractivity contribution in [1.82, 2.24) is 9.88 Å². The summed E-state index contributed by atoms with van der Waals surface area (Å²) in [5, 5.41) is 9.43. The normalized spacial score (nSPS) is 25.4. The average Bonchev–Trinajstić information content (AvgIpc) is 3.20. The second-order valence-electron chi connectivity index (χ2n) is 6.81. The van der Waals surface area contributed by atoms with Crippen molar-refractivity contribution in [2.45, 2.75) is 32.7 Å². The Hall–Kier alpha value is -1.60. The first-order valence-electron chi connectivity index (χ1n) is 7.81. The maximum absolute atomic E-state index is 9.43. The molecule has 0 bridgehead atoms. The lowest BCUT2D eigenvalue weighted by Crippen LogP contribution is -2.36. The van der Waals surface area contributed by atoms with Crippen molar-refractivity contribution in [2.75, 3.05) is 32.1 Å². The van der Waals surface area contributed by atoms with Crippen LogP contribution < -0.4 is 4.90 Å². The maximum Gasteiger partial charge on any atom is 0.146 e. The van der Waals surface area contributed by atoms with Crippen molar-refractivity contribution in [1.29, 1.82) is 5.26 Å². The number of nitriles is 1. The zero-order chi connectivity index (χ0) is 15.1. The van der Waals surface area contributed by atoms with Crippen molar-refractivity contribution in [2.24, 2.45) is 11.8 Å². The zero-order valence-electron chi connectivity index (χ0n) is 13.4. The fourth-order valence-electron chi connectivity index (χ4n) is 3.53. The quantitative estimate of drug-likeness (QED) is 0.854. The van der Waals surface area contributed by atoms with Crippen LogP contribution in [0, 0.1) is 37.0 Å². The molecule has 3 rings (SSSR count). The van der Waals surface area contributed by atoms with Gasteiger partial charge in [-0.05, 0) is 64.3 Å². The Labute approximate surface area is 127 Å². The highest BCUT2D eigenvalue weighted by atomic mass is 15.3. The van der Waals surface area contributed by atoms with Crippen LogP contribution in [0.2, 0.25) is 0 Å². The summed E-state index contributed by atoms with van der Waals surface area (Å²) in [5.74, 6) is 2.48. The minimum absolute atomic E-state index is 0.576.